The first-order valence-corrected chi connectivity index (χ1v) is 11.8. The molecule has 0 saturated carbocycles. The number of halogens is 1. The van der Waals surface area contributed by atoms with Crippen LogP contribution in [0.5, 0.6) is 0 Å². The second-order valence-corrected chi connectivity index (χ2v) is 8.88. The summed E-state index contributed by atoms with van der Waals surface area (Å²) in [5.74, 6) is -0.117. The van der Waals surface area contributed by atoms with Gasteiger partial charge in [0.05, 0.1) is 37.4 Å². The van der Waals surface area contributed by atoms with Gasteiger partial charge in [-0.05, 0) is 30.7 Å². The van der Waals surface area contributed by atoms with Crippen LogP contribution in [-0.2, 0) is 20.8 Å². The summed E-state index contributed by atoms with van der Waals surface area (Å²) in [6.07, 6.45) is 1.90. The van der Waals surface area contributed by atoms with Crippen LogP contribution >= 0.6 is 15.9 Å². The highest BCUT2D eigenvalue weighted by Gasteiger charge is 2.36. The average Bonchev–Trinajstić information content (AvgIpc) is 3.38. The van der Waals surface area contributed by atoms with Gasteiger partial charge in [-0.2, -0.15) is 10.1 Å². The Morgan fingerprint density at radius 2 is 2.12 bits per heavy atom. The monoisotopic (exact) mass is 515 g/mol. The van der Waals surface area contributed by atoms with Crippen molar-refractivity contribution < 1.29 is 14.3 Å². The molecular weight excluding hydrogens is 490 g/mol. The summed E-state index contributed by atoms with van der Waals surface area (Å²) in [6, 6.07) is 5.80. The van der Waals surface area contributed by atoms with Crippen molar-refractivity contribution in [2.45, 2.75) is 19.4 Å². The lowest BCUT2D eigenvalue weighted by molar-refractivity contribution is -0.116. The fourth-order valence-corrected chi connectivity index (χ4v) is 4.74. The summed E-state index contributed by atoms with van der Waals surface area (Å²) >= 11 is 3.54. The van der Waals surface area contributed by atoms with E-state index in [0.717, 1.165) is 34.2 Å². The fourth-order valence-electron chi connectivity index (χ4n) is 4.36. The topological polar surface area (TPSA) is 97.6 Å². The third-order valence-corrected chi connectivity index (χ3v) is 6.44. The highest BCUT2D eigenvalue weighted by atomic mass is 79.9. The molecule has 0 radical (unpaired) electrons. The summed E-state index contributed by atoms with van der Waals surface area (Å²) in [5, 5.41) is 12.7. The van der Waals surface area contributed by atoms with Gasteiger partial charge in [-0.3, -0.25) is 14.5 Å². The Bertz CT molecular complexity index is 1180. The maximum Gasteiger partial charge on any atom is 0.242 e. The SMILES string of the molecule is CCN(c1nc(C2C(=O)Nc3ccc(Br)cc32)c2cn(CCOC)nc2n1)N1CCOCC1. The molecule has 1 aromatic carbocycles. The normalized spacial score (nSPS) is 18.5. The van der Waals surface area contributed by atoms with E-state index in [1.54, 1.807) is 11.8 Å². The molecule has 1 amide bonds. The smallest absolute Gasteiger partial charge is 0.242 e. The van der Waals surface area contributed by atoms with Gasteiger partial charge in [-0.25, -0.2) is 9.99 Å². The van der Waals surface area contributed by atoms with E-state index >= 15 is 0 Å². The number of nitrogens with zero attached hydrogens (tertiary/aromatic N) is 6. The highest BCUT2D eigenvalue weighted by molar-refractivity contribution is 9.10. The number of carbonyl (C=O) groups is 1. The van der Waals surface area contributed by atoms with Crippen molar-refractivity contribution in [3.05, 3.63) is 40.1 Å². The van der Waals surface area contributed by atoms with E-state index in [-0.39, 0.29) is 5.91 Å². The molecular formula is C22H26BrN7O3. The number of fused-ring (bicyclic) bond motifs is 2. The second kappa shape index (κ2) is 9.34. The number of rotatable bonds is 7. The Kier molecular flexibility index (Phi) is 6.28. The number of benzene rings is 1. The molecule has 1 unspecified atom stereocenters. The molecule has 3 aromatic rings. The van der Waals surface area contributed by atoms with Crippen molar-refractivity contribution in [2.24, 2.45) is 0 Å². The quantitative estimate of drug-likeness (QED) is 0.512. The van der Waals surface area contributed by atoms with Crippen molar-refractivity contribution >= 4 is 44.5 Å². The number of carbonyl (C=O) groups excluding carboxylic acids is 1. The predicted octanol–water partition coefficient (Wildman–Crippen LogP) is 2.39. The van der Waals surface area contributed by atoms with E-state index in [2.05, 4.69) is 38.3 Å². The molecule has 4 heterocycles. The molecule has 174 valence electrons. The van der Waals surface area contributed by atoms with Crippen molar-refractivity contribution in [3.8, 4) is 0 Å². The molecule has 1 saturated heterocycles. The molecule has 10 nitrogen and oxygen atoms in total. The van der Waals surface area contributed by atoms with Gasteiger partial charge < -0.3 is 14.8 Å². The van der Waals surface area contributed by atoms with Crippen LogP contribution in [-0.4, -0.2) is 77.2 Å². The van der Waals surface area contributed by atoms with Crippen molar-refractivity contribution in [2.75, 3.05) is 56.9 Å². The Hall–Kier alpha value is -2.60. The maximum atomic E-state index is 13.1. The summed E-state index contributed by atoms with van der Waals surface area (Å²) in [6.45, 7) is 6.69. The van der Waals surface area contributed by atoms with Gasteiger partial charge in [0, 0.05) is 43.1 Å². The largest absolute Gasteiger partial charge is 0.383 e. The average molecular weight is 516 g/mol. The molecule has 0 bridgehead atoms. The number of hydrogen-bond donors (Lipinski definition) is 1. The lowest BCUT2D eigenvalue weighted by atomic mass is 9.95. The number of amides is 1. The summed E-state index contributed by atoms with van der Waals surface area (Å²) in [5.41, 5.74) is 2.90. The number of ether oxygens (including phenoxy) is 2. The van der Waals surface area contributed by atoms with E-state index in [9.17, 15) is 4.79 Å². The minimum atomic E-state index is -0.551. The zero-order chi connectivity index (χ0) is 22.9. The van der Waals surface area contributed by atoms with E-state index in [0.29, 0.717) is 50.2 Å². The minimum Gasteiger partial charge on any atom is -0.383 e. The van der Waals surface area contributed by atoms with E-state index in [4.69, 9.17) is 19.4 Å². The number of nitrogens with one attached hydrogen (secondary N) is 1. The van der Waals surface area contributed by atoms with E-state index < -0.39 is 5.92 Å². The van der Waals surface area contributed by atoms with Crippen LogP contribution in [0.2, 0.25) is 0 Å². The molecule has 1 fully saturated rings. The van der Waals surface area contributed by atoms with Crippen molar-refractivity contribution in [1.29, 1.82) is 0 Å². The zero-order valence-corrected chi connectivity index (χ0v) is 20.2. The Balaban J connectivity index is 1.65. The molecule has 2 aromatic heterocycles. The standard InChI is InChI=1S/C22H26BrN7O3/c1-3-30(29-7-10-33-11-8-29)22-25-19(16-13-28(6-9-32-2)27-20(16)26-22)18-15-12-14(23)4-5-17(15)24-21(18)31/h4-5,12-13,18H,3,6-11H2,1-2H3,(H,24,31). The number of hydrazine groups is 1. The van der Waals surface area contributed by atoms with Crippen LogP contribution in [0.25, 0.3) is 11.0 Å². The fraction of sp³-hybridized carbons (Fsp3) is 0.455. The number of anilines is 2. The molecule has 33 heavy (non-hydrogen) atoms. The molecule has 2 aliphatic heterocycles. The van der Waals surface area contributed by atoms with Gasteiger partial charge in [0.15, 0.2) is 5.65 Å². The van der Waals surface area contributed by atoms with Crippen LogP contribution in [0, 0.1) is 0 Å². The van der Waals surface area contributed by atoms with Crippen LogP contribution in [0.4, 0.5) is 11.6 Å². The van der Waals surface area contributed by atoms with Crippen LogP contribution in [0.3, 0.4) is 0 Å². The molecule has 0 spiro atoms. The lowest BCUT2D eigenvalue weighted by Gasteiger charge is -2.36. The van der Waals surface area contributed by atoms with Gasteiger partial charge in [0.25, 0.3) is 0 Å². The van der Waals surface area contributed by atoms with Gasteiger partial charge in [0.1, 0.15) is 5.92 Å². The maximum absolute atomic E-state index is 13.1. The lowest BCUT2D eigenvalue weighted by Crippen LogP contribution is -2.49. The number of aromatic nitrogens is 4. The Labute approximate surface area is 200 Å². The first kappa shape index (κ1) is 22.2. The number of hydrogen-bond acceptors (Lipinski definition) is 8. The molecule has 2 aliphatic rings. The minimum absolute atomic E-state index is 0.104. The van der Waals surface area contributed by atoms with E-state index in [1.165, 1.54) is 0 Å². The Morgan fingerprint density at radius 3 is 2.88 bits per heavy atom. The molecule has 0 aliphatic carbocycles. The Morgan fingerprint density at radius 1 is 1.30 bits per heavy atom. The molecule has 5 rings (SSSR count). The van der Waals surface area contributed by atoms with Crippen LogP contribution in [0.15, 0.2) is 28.9 Å². The van der Waals surface area contributed by atoms with Crippen LogP contribution in [0.1, 0.15) is 24.1 Å². The summed E-state index contributed by atoms with van der Waals surface area (Å²) in [7, 11) is 1.66. The van der Waals surface area contributed by atoms with Crippen molar-refractivity contribution in [3.63, 3.8) is 0 Å². The van der Waals surface area contributed by atoms with Gasteiger partial charge >= 0.3 is 0 Å². The number of morpholine rings is 1. The van der Waals surface area contributed by atoms with Crippen molar-refractivity contribution in [1.82, 2.24) is 24.8 Å². The van der Waals surface area contributed by atoms with Gasteiger partial charge in [-0.1, -0.05) is 15.9 Å². The van der Waals surface area contributed by atoms with Gasteiger partial charge in [0.2, 0.25) is 11.9 Å². The van der Waals surface area contributed by atoms with Crippen LogP contribution < -0.4 is 10.3 Å². The summed E-state index contributed by atoms with van der Waals surface area (Å²) in [4.78, 5) is 22.9. The highest BCUT2D eigenvalue weighted by Crippen LogP contribution is 2.40. The zero-order valence-electron chi connectivity index (χ0n) is 18.6. The first-order valence-electron chi connectivity index (χ1n) is 11.0. The molecule has 1 N–H and O–H groups in total. The first-order chi connectivity index (χ1) is 16.1. The van der Waals surface area contributed by atoms with Gasteiger partial charge in [-0.15, -0.1) is 0 Å². The predicted molar refractivity (Wildman–Crippen MR) is 127 cm³/mol. The number of methoxy groups -OCH3 is 1. The third-order valence-electron chi connectivity index (χ3n) is 5.95. The second-order valence-electron chi connectivity index (χ2n) is 7.97. The summed E-state index contributed by atoms with van der Waals surface area (Å²) < 4.78 is 13.4. The molecule has 11 heteroatoms. The third kappa shape index (κ3) is 4.21. The molecule has 1 atom stereocenters. The van der Waals surface area contributed by atoms with E-state index in [1.807, 2.05) is 29.4 Å².